The maximum atomic E-state index is 13.7. The SMILES string of the molecule is NS(=O)(=O)c1ccc(-n2cnnc2[C@@H]2O[C@H](CO)C(O)[C@H](n3cc(-c4cc(F)c(F)c(F)c4)nn3)[C@H]2O)cc1. The lowest BCUT2D eigenvalue weighted by molar-refractivity contribution is -0.210. The summed E-state index contributed by atoms with van der Waals surface area (Å²) in [5.74, 6) is -4.51. The van der Waals surface area contributed by atoms with Crippen LogP contribution in [0.4, 0.5) is 13.2 Å². The summed E-state index contributed by atoms with van der Waals surface area (Å²) in [5, 5.41) is 52.6. The number of rotatable bonds is 6. The van der Waals surface area contributed by atoms with Crippen LogP contribution in [0.5, 0.6) is 0 Å². The topological polar surface area (TPSA) is 191 Å². The van der Waals surface area contributed by atoms with Crippen molar-refractivity contribution in [2.45, 2.75) is 35.4 Å². The van der Waals surface area contributed by atoms with E-state index in [0.717, 1.165) is 4.68 Å². The molecule has 3 heterocycles. The first-order valence-corrected chi connectivity index (χ1v) is 12.8. The first kappa shape index (κ1) is 26.9. The van der Waals surface area contributed by atoms with Crippen molar-refractivity contribution in [3.8, 4) is 16.9 Å². The number of aliphatic hydroxyl groups is 3. The Balaban J connectivity index is 1.50. The first-order chi connectivity index (χ1) is 18.5. The number of hydrogen-bond donors (Lipinski definition) is 4. The van der Waals surface area contributed by atoms with E-state index in [0.29, 0.717) is 17.8 Å². The quantitative estimate of drug-likeness (QED) is 0.230. The summed E-state index contributed by atoms with van der Waals surface area (Å²) in [7, 11) is -3.94. The molecule has 0 radical (unpaired) electrons. The van der Waals surface area contributed by atoms with E-state index in [9.17, 15) is 36.9 Å². The molecule has 1 aliphatic heterocycles. The lowest BCUT2D eigenvalue weighted by atomic mass is 9.92. The van der Waals surface area contributed by atoms with Gasteiger partial charge in [0.1, 0.15) is 42.5 Å². The zero-order valence-electron chi connectivity index (χ0n) is 19.6. The molecule has 1 aliphatic rings. The van der Waals surface area contributed by atoms with Gasteiger partial charge in [-0.1, -0.05) is 5.21 Å². The molecular formula is C22H20F3N7O6S. The van der Waals surface area contributed by atoms with E-state index in [4.69, 9.17) is 9.88 Å². The van der Waals surface area contributed by atoms with Crippen LogP contribution < -0.4 is 5.14 Å². The molecule has 0 aliphatic carbocycles. The molecule has 0 spiro atoms. The molecule has 206 valence electrons. The first-order valence-electron chi connectivity index (χ1n) is 11.2. The number of nitrogens with zero attached hydrogens (tertiary/aromatic N) is 6. The Morgan fingerprint density at radius 3 is 2.31 bits per heavy atom. The highest BCUT2D eigenvalue weighted by molar-refractivity contribution is 7.89. The molecule has 0 saturated carbocycles. The van der Waals surface area contributed by atoms with Crippen molar-refractivity contribution in [1.29, 1.82) is 0 Å². The third-order valence-corrected chi connectivity index (χ3v) is 7.19. The fraction of sp³-hybridized carbons (Fsp3) is 0.273. The van der Waals surface area contributed by atoms with E-state index in [1.165, 1.54) is 41.4 Å². The molecule has 4 aromatic rings. The van der Waals surface area contributed by atoms with Gasteiger partial charge in [-0.2, -0.15) is 0 Å². The van der Waals surface area contributed by atoms with Gasteiger partial charge in [0, 0.05) is 11.3 Å². The van der Waals surface area contributed by atoms with Crippen LogP contribution in [0.1, 0.15) is 18.0 Å². The maximum absolute atomic E-state index is 13.7. The Morgan fingerprint density at radius 2 is 1.69 bits per heavy atom. The van der Waals surface area contributed by atoms with Gasteiger partial charge in [-0.3, -0.25) is 4.57 Å². The molecule has 0 amide bonds. The third kappa shape index (κ3) is 4.90. The van der Waals surface area contributed by atoms with Crippen LogP contribution in [-0.4, -0.2) is 78.4 Å². The van der Waals surface area contributed by atoms with Crippen LogP contribution in [0.2, 0.25) is 0 Å². The monoisotopic (exact) mass is 567 g/mol. The van der Waals surface area contributed by atoms with E-state index in [1.54, 1.807) is 0 Å². The molecule has 0 bridgehead atoms. The van der Waals surface area contributed by atoms with Crippen molar-refractivity contribution < 1.29 is 41.6 Å². The number of ether oxygens (including phenoxy) is 1. The number of aromatic nitrogens is 6. The molecule has 13 nitrogen and oxygen atoms in total. The lowest BCUT2D eigenvalue weighted by Gasteiger charge is -2.41. The summed E-state index contributed by atoms with van der Waals surface area (Å²) in [5.41, 5.74) is 0.144. The zero-order chi connectivity index (χ0) is 28.1. The molecule has 5 rings (SSSR count). The van der Waals surface area contributed by atoms with Crippen LogP contribution in [0.3, 0.4) is 0 Å². The van der Waals surface area contributed by atoms with Gasteiger partial charge < -0.3 is 20.1 Å². The normalized spacial score (nSPS) is 23.7. The standard InChI is InChI=1S/C22H20F3N7O6S/c23-13-5-10(6-14(24)17(13)25)15-7-32(30-28-15)18-19(34)16(8-33)38-21(20(18)35)22-29-27-9-31(22)11-1-3-12(4-2-11)39(26,36)37/h1-7,9,16,18-21,33-35H,8H2,(H2,26,36,37)/t16-,18+,19?,20-,21-/m1/s1. The van der Waals surface area contributed by atoms with Gasteiger partial charge in [0.2, 0.25) is 10.0 Å². The van der Waals surface area contributed by atoms with Crippen LogP contribution in [0.25, 0.3) is 16.9 Å². The zero-order valence-corrected chi connectivity index (χ0v) is 20.4. The molecule has 5 atom stereocenters. The second-order valence-corrected chi connectivity index (χ2v) is 10.2. The highest BCUT2D eigenvalue weighted by atomic mass is 32.2. The molecule has 39 heavy (non-hydrogen) atoms. The van der Waals surface area contributed by atoms with Gasteiger partial charge in [0.05, 0.1) is 17.7 Å². The Bertz CT molecular complexity index is 1590. The smallest absolute Gasteiger partial charge is 0.238 e. The van der Waals surface area contributed by atoms with Gasteiger partial charge in [-0.15, -0.1) is 15.3 Å². The second-order valence-electron chi connectivity index (χ2n) is 8.69. The Hall–Kier alpha value is -3.74. The summed E-state index contributed by atoms with van der Waals surface area (Å²) >= 11 is 0. The molecular weight excluding hydrogens is 547 g/mol. The fourth-order valence-corrected chi connectivity index (χ4v) is 4.83. The maximum Gasteiger partial charge on any atom is 0.238 e. The summed E-state index contributed by atoms with van der Waals surface area (Å²) in [6, 6.07) is 5.48. The number of aliphatic hydroxyl groups excluding tert-OH is 3. The van der Waals surface area contributed by atoms with Gasteiger partial charge >= 0.3 is 0 Å². The fourth-order valence-electron chi connectivity index (χ4n) is 4.32. The van der Waals surface area contributed by atoms with Crippen LogP contribution >= 0.6 is 0 Å². The van der Waals surface area contributed by atoms with E-state index < -0.39 is 64.5 Å². The Labute approximate surface area is 218 Å². The van der Waals surface area contributed by atoms with Crippen molar-refractivity contribution in [1.82, 2.24) is 29.8 Å². The number of primary sulfonamides is 1. The molecule has 17 heteroatoms. The highest BCUT2D eigenvalue weighted by Gasteiger charge is 2.48. The van der Waals surface area contributed by atoms with Crippen LogP contribution in [-0.2, 0) is 14.8 Å². The van der Waals surface area contributed by atoms with E-state index in [2.05, 4.69) is 20.5 Å². The van der Waals surface area contributed by atoms with Gasteiger partial charge in [-0.05, 0) is 36.4 Å². The lowest BCUT2D eigenvalue weighted by Crippen LogP contribution is -2.53. The van der Waals surface area contributed by atoms with Gasteiger partial charge in [0.25, 0.3) is 0 Å². The predicted octanol–water partition coefficient (Wildman–Crippen LogP) is -0.0142. The number of nitrogens with two attached hydrogens (primary N) is 1. The Kier molecular flexibility index (Phi) is 6.95. The number of benzene rings is 2. The molecule has 2 aromatic heterocycles. The molecule has 5 N–H and O–H groups in total. The summed E-state index contributed by atoms with van der Waals surface area (Å²) in [6.07, 6.45) is -3.20. The minimum Gasteiger partial charge on any atom is -0.394 e. The molecule has 2 aromatic carbocycles. The van der Waals surface area contributed by atoms with Crippen molar-refractivity contribution in [2.75, 3.05) is 6.61 Å². The van der Waals surface area contributed by atoms with E-state index >= 15 is 0 Å². The minimum absolute atomic E-state index is 0.0317. The largest absolute Gasteiger partial charge is 0.394 e. The minimum atomic E-state index is -3.94. The van der Waals surface area contributed by atoms with Crippen molar-refractivity contribution >= 4 is 10.0 Å². The Morgan fingerprint density at radius 1 is 1.03 bits per heavy atom. The predicted molar refractivity (Wildman–Crippen MR) is 124 cm³/mol. The van der Waals surface area contributed by atoms with Crippen molar-refractivity contribution in [3.63, 3.8) is 0 Å². The summed E-state index contributed by atoms with van der Waals surface area (Å²) in [4.78, 5) is -0.138. The van der Waals surface area contributed by atoms with Gasteiger partial charge in [0.15, 0.2) is 23.3 Å². The van der Waals surface area contributed by atoms with E-state index in [1.807, 2.05) is 0 Å². The molecule has 1 saturated heterocycles. The third-order valence-electron chi connectivity index (χ3n) is 6.26. The van der Waals surface area contributed by atoms with Crippen molar-refractivity contribution in [3.05, 3.63) is 72.2 Å². The highest BCUT2D eigenvalue weighted by Crippen LogP contribution is 2.38. The van der Waals surface area contributed by atoms with Crippen molar-refractivity contribution in [2.24, 2.45) is 5.14 Å². The average Bonchev–Trinajstić information content (AvgIpc) is 3.57. The summed E-state index contributed by atoms with van der Waals surface area (Å²) in [6.45, 7) is -0.673. The average molecular weight is 568 g/mol. The van der Waals surface area contributed by atoms with Gasteiger partial charge in [-0.25, -0.2) is 31.4 Å². The van der Waals surface area contributed by atoms with Crippen LogP contribution in [0, 0.1) is 17.5 Å². The second kappa shape index (κ2) is 10.1. The number of sulfonamides is 1. The van der Waals surface area contributed by atoms with E-state index in [-0.39, 0.29) is 22.0 Å². The molecule has 1 unspecified atom stereocenters. The van der Waals surface area contributed by atoms with Crippen LogP contribution in [0.15, 0.2) is 53.8 Å². The molecule has 1 fully saturated rings. The number of hydrogen-bond acceptors (Lipinski definition) is 10. The number of halogens is 3. The summed E-state index contributed by atoms with van der Waals surface area (Å²) < 4.78 is 72.1.